The summed E-state index contributed by atoms with van der Waals surface area (Å²) in [6.07, 6.45) is 0. The third-order valence-corrected chi connectivity index (χ3v) is 5.57. The number of thiophene rings is 1. The molecule has 0 unspecified atom stereocenters. The van der Waals surface area contributed by atoms with Crippen LogP contribution in [0.5, 0.6) is 0 Å². The average Bonchev–Trinajstić information content (AvgIpc) is 3.14. The molecule has 0 spiro atoms. The van der Waals surface area contributed by atoms with Crippen LogP contribution in [0.2, 0.25) is 0 Å². The first-order valence-electron chi connectivity index (χ1n) is 8.44. The first kappa shape index (κ1) is 16.6. The Labute approximate surface area is 157 Å². The van der Waals surface area contributed by atoms with Gasteiger partial charge >= 0.3 is 5.97 Å². The molecule has 0 atom stereocenters. The summed E-state index contributed by atoms with van der Waals surface area (Å²) in [6.45, 7) is 2.07. The van der Waals surface area contributed by atoms with Gasteiger partial charge in [0.2, 0.25) is 0 Å². The summed E-state index contributed by atoms with van der Waals surface area (Å²) in [4.78, 5) is 13.8. The van der Waals surface area contributed by atoms with Crippen LogP contribution in [0.15, 0.2) is 72.1 Å². The van der Waals surface area contributed by atoms with Crippen LogP contribution in [0, 0.1) is 6.92 Å². The Balaban J connectivity index is 2.17. The molecule has 1 aromatic heterocycles. The molecule has 0 saturated heterocycles. The van der Waals surface area contributed by atoms with Gasteiger partial charge in [-0.3, -0.25) is 0 Å². The normalized spacial score (nSPS) is 10.8. The summed E-state index contributed by atoms with van der Waals surface area (Å²) in [5.74, 6) is -0.301. The van der Waals surface area contributed by atoms with E-state index in [9.17, 15) is 4.79 Å². The van der Waals surface area contributed by atoms with Gasteiger partial charge in [-0.15, -0.1) is 11.3 Å². The van der Waals surface area contributed by atoms with Gasteiger partial charge in [-0.2, -0.15) is 0 Å². The van der Waals surface area contributed by atoms with Crippen LogP contribution >= 0.6 is 11.3 Å². The number of esters is 1. The first-order valence-corrected chi connectivity index (χ1v) is 9.32. The minimum absolute atomic E-state index is 0.301. The second kappa shape index (κ2) is 6.77. The van der Waals surface area contributed by atoms with Crippen LogP contribution in [0.3, 0.4) is 0 Å². The van der Waals surface area contributed by atoms with Crippen molar-refractivity contribution < 1.29 is 9.53 Å². The van der Waals surface area contributed by atoms with Crippen LogP contribution < -0.4 is 0 Å². The molecule has 1 aromatic carbocycles. The summed E-state index contributed by atoms with van der Waals surface area (Å²) in [7, 11) is 1.44. The van der Waals surface area contributed by atoms with E-state index in [1.807, 2.05) is 42.5 Å². The van der Waals surface area contributed by atoms with E-state index in [0.29, 0.717) is 5.56 Å². The molecule has 1 heterocycles. The van der Waals surface area contributed by atoms with Gasteiger partial charge in [0, 0.05) is 10.4 Å². The summed E-state index contributed by atoms with van der Waals surface area (Å²) >= 11 is 1.66. The Morgan fingerprint density at radius 2 is 1.54 bits per heavy atom. The second-order valence-corrected chi connectivity index (χ2v) is 7.12. The first-order chi connectivity index (χ1) is 12.7. The predicted octanol–water partition coefficient (Wildman–Crippen LogP) is 6.28. The quantitative estimate of drug-likeness (QED) is 0.403. The van der Waals surface area contributed by atoms with Gasteiger partial charge in [0.15, 0.2) is 0 Å². The molecule has 0 radical (unpaired) electrons. The standard InChI is InChI=1S/C23H18O2S/c1-15-13-19(26-14-15)22-20(16-9-5-3-6-10-16)17-11-7-4-8-12-18(17)21(22)23(24)25-2/h3-14H,1-2H3. The third-order valence-electron chi connectivity index (χ3n) is 4.51. The molecular formula is C23H18O2S. The fourth-order valence-corrected chi connectivity index (χ4v) is 4.36. The number of benzene rings is 1. The average molecular weight is 358 g/mol. The molecule has 0 saturated carbocycles. The summed E-state index contributed by atoms with van der Waals surface area (Å²) in [5.41, 5.74) is 6.95. The minimum Gasteiger partial charge on any atom is -0.465 e. The zero-order valence-corrected chi connectivity index (χ0v) is 15.5. The van der Waals surface area contributed by atoms with Gasteiger partial charge in [-0.1, -0.05) is 60.7 Å². The Morgan fingerprint density at radius 1 is 0.885 bits per heavy atom. The van der Waals surface area contributed by atoms with Gasteiger partial charge in [0.25, 0.3) is 0 Å². The largest absolute Gasteiger partial charge is 0.465 e. The van der Waals surface area contributed by atoms with Gasteiger partial charge in [-0.25, -0.2) is 4.79 Å². The molecule has 2 nitrogen and oxygen atoms in total. The molecule has 2 aliphatic carbocycles. The summed E-state index contributed by atoms with van der Waals surface area (Å²) < 4.78 is 5.16. The number of aryl methyl sites for hydroxylation is 1. The van der Waals surface area contributed by atoms with E-state index < -0.39 is 0 Å². The zero-order valence-electron chi connectivity index (χ0n) is 14.7. The van der Waals surface area contributed by atoms with Crippen molar-refractivity contribution in [2.45, 2.75) is 6.92 Å². The van der Waals surface area contributed by atoms with Crippen LogP contribution in [0.1, 0.15) is 15.9 Å². The third kappa shape index (κ3) is 2.71. The van der Waals surface area contributed by atoms with Crippen molar-refractivity contribution in [3.63, 3.8) is 0 Å². The van der Waals surface area contributed by atoms with Gasteiger partial charge in [0.05, 0.1) is 12.7 Å². The zero-order chi connectivity index (χ0) is 18.1. The highest BCUT2D eigenvalue weighted by Crippen LogP contribution is 2.49. The molecule has 0 fully saturated rings. The Morgan fingerprint density at radius 3 is 2.15 bits per heavy atom. The molecule has 2 aliphatic rings. The molecule has 0 amide bonds. The lowest BCUT2D eigenvalue weighted by Crippen LogP contribution is -2.02. The van der Waals surface area contributed by atoms with Gasteiger partial charge in [0.1, 0.15) is 0 Å². The molecule has 26 heavy (non-hydrogen) atoms. The highest BCUT2D eigenvalue weighted by Gasteiger charge is 2.29. The number of methoxy groups -OCH3 is 1. The fraction of sp³-hybridized carbons (Fsp3) is 0.0870. The lowest BCUT2D eigenvalue weighted by molar-refractivity contribution is 0.0603. The van der Waals surface area contributed by atoms with Crippen molar-refractivity contribution >= 4 is 17.3 Å². The van der Waals surface area contributed by atoms with E-state index in [1.165, 1.54) is 12.7 Å². The van der Waals surface area contributed by atoms with Gasteiger partial charge < -0.3 is 4.74 Å². The van der Waals surface area contributed by atoms with Crippen molar-refractivity contribution in [1.29, 1.82) is 0 Å². The van der Waals surface area contributed by atoms with E-state index >= 15 is 0 Å². The van der Waals surface area contributed by atoms with E-state index in [-0.39, 0.29) is 5.97 Å². The lowest BCUT2D eigenvalue weighted by atomic mass is 9.99. The van der Waals surface area contributed by atoms with Crippen molar-refractivity contribution in [1.82, 2.24) is 0 Å². The minimum atomic E-state index is -0.301. The van der Waals surface area contributed by atoms with Crippen molar-refractivity contribution in [3.05, 3.63) is 83.2 Å². The summed E-state index contributed by atoms with van der Waals surface area (Å²) in [6, 6.07) is 22.4. The van der Waals surface area contributed by atoms with Gasteiger partial charge in [-0.05, 0) is 46.2 Å². The van der Waals surface area contributed by atoms with Crippen LogP contribution in [0.25, 0.3) is 32.7 Å². The fourth-order valence-electron chi connectivity index (χ4n) is 3.41. The van der Waals surface area contributed by atoms with Crippen molar-refractivity contribution in [2.24, 2.45) is 0 Å². The topological polar surface area (TPSA) is 26.3 Å². The number of carbonyl (C=O) groups excluding carboxylic acids is 1. The lowest BCUT2D eigenvalue weighted by Gasteiger charge is -2.07. The number of ether oxygens (including phenoxy) is 1. The van der Waals surface area contributed by atoms with Crippen LogP contribution in [-0.2, 0) is 4.74 Å². The predicted molar refractivity (Wildman–Crippen MR) is 108 cm³/mol. The highest BCUT2D eigenvalue weighted by atomic mass is 32.1. The maximum atomic E-state index is 12.8. The molecule has 0 bridgehead atoms. The number of hydrogen-bond acceptors (Lipinski definition) is 3. The maximum Gasteiger partial charge on any atom is 0.339 e. The Kier molecular flexibility index (Phi) is 4.31. The Hall–Kier alpha value is -2.91. The second-order valence-electron chi connectivity index (χ2n) is 6.21. The Bertz CT molecular complexity index is 1050. The molecule has 3 heteroatoms. The number of hydrogen-bond donors (Lipinski definition) is 0. The van der Waals surface area contributed by atoms with E-state index in [0.717, 1.165) is 32.7 Å². The van der Waals surface area contributed by atoms with E-state index in [1.54, 1.807) is 11.3 Å². The molecular weight excluding hydrogens is 340 g/mol. The molecule has 128 valence electrons. The van der Waals surface area contributed by atoms with Crippen LogP contribution in [0.4, 0.5) is 0 Å². The molecule has 4 rings (SSSR count). The smallest absolute Gasteiger partial charge is 0.339 e. The van der Waals surface area contributed by atoms with Crippen LogP contribution in [-0.4, -0.2) is 13.1 Å². The summed E-state index contributed by atoms with van der Waals surface area (Å²) in [5, 5.41) is 2.11. The number of rotatable bonds is 3. The number of carbonyl (C=O) groups is 1. The van der Waals surface area contributed by atoms with Crippen molar-refractivity contribution in [2.75, 3.05) is 7.11 Å². The number of fused-ring (bicyclic) bond motifs is 1. The van der Waals surface area contributed by atoms with Crippen molar-refractivity contribution in [3.8, 4) is 32.7 Å². The van der Waals surface area contributed by atoms with E-state index in [4.69, 9.17) is 4.74 Å². The molecule has 0 N–H and O–H groups in total. The molecule has 2 aromatic rings. The molecule has 0 aliphatic heterocycles. The SMILES string of the molecule is COC(=O)c1c2cccccc-2c(-c2ccccc2)c1-c1cc(C)cs1. The van der Waals surface area contributed by atoms with E-state index in [2.05, 4.69) is 36.6 Å². The monoisotopic (exact) mass is 358 g/mol. The highest BCUT2D eigenvalue weighted by molar-refractivity contribution is 7.13. The maximum absolute atomic E-state index is 12.8.